The number of nitrogens with one attached hydrogen (secondary N) is 1. The molecule has 0 aromatic carbocycles. The Hall–Kier alpha value is -1.23. The first-order chi connectivity index (χ1) is 9.24. The number of hydrogen-bond donors (Lipinski definition) is 1. The molecule has 1 saturated heterocycles. The fourth-order valence-electron chi connectivity index (χ4n) is 2.37. The minimum atomic E-state index is 0.443. The van der Waals surface area contributed by atoms with Crippen molar-refractivity contribution in [2.45, 2.75) is 38.6 Å². The summed E-state index contributed by atoms with van der Waals surface area (Å²) < 4.78 is 1.93. The molecule has 0 bridgehead atoms. The van der Waals surface area contributed by atoms with Crippen LogP contribution < -0.4 is 5.32 Å². The maximum Gasteiger partial charge on any atom is 0.152 e. The third-order valence-electron chi connectivity index (χ3n) is 3.56. The summed E-state index contributed by atoms with van der Waals surface area (Å²) in [5.41, 5.74) is 2.21. The highest BCUT2D eigenvalue weighted by molar-refractivity contribution is 7.99. The number of hydrogen-bond acceptors (Lipinski definition) is 4. The van der Waals surface area contributed by atoms with Crippen molar-refractivity contribution in [2.75, 3.05) is 16.8 Å². The van der Waals surface area contributed by atoms with Gasteiger partial charge >= 0.3 is 0 Å². The van der Waals surface area contributed by atoms with Crippen molar-refractivity contribution in [3.05, 3.63) is 24.2 Å². The quantitative estimate of drug-likeness (QED) is 0.935. The van der Waals surface area contributed by atoms with Gasteiger partial charge in [-0.3, -0.25) is 0 Å². The third kappa shape index (κ3) is 2.71. The van der Waals surface area contributed by atoms with Gasteiger partial charge in [0.05, 0.1) is 5.69 Å². The second-order valence-corrected chi connectivity index (χ2v) is 6.59. The maximum absolute atomic E-state index is 4.60. The average molecular weight is 276 g/mol. The average Bonchev–Trinajstić information content (AvgIpc) is 2.85. The van der Waals surface area contributed by atoms with Crippen molar-refractivity contribution in [1.29, 1.82) is 0 Å². The van der Waals surface area contributed by atoms with E-state index < -0.39 is 0 Å². The van der Waals surface area contributed by atoms with Crippen molar-refractivity contribution in [3.63, 3.8) is 0 Å². The van der Waals surface area contributed by atoms with Crippen LogP contribution in [0.5, 0.6) is 0 Å². The lowest BCUT2D eigenvalue weighted by Crippen LogP contribution is -2.25. The summed E-state index contributed by atoms with van der Waals surface area (Å²) in [6.45, 7) is 4.33. The van der Waals surface area contributed by atoms with Gasteiger partial charge in [-0.2, -0.15) is 16.9 Å². The summed E-state index contributed by atoms with van der Waals surface area (Å²) in [6.07, 6.45) is 6.18. The molecule has 19 heavy (non-hydrogen) atoms. The van der Waals surface area contributed by atoms with Crippen LogP contribution in [0.3, 0.4) is 0 Å². The molecule has 2 aromatic rings. The van der Waals surface area contributed by atoms with E-state index in [9.17, 15) is 0 Å². The molecule has 0 aliphatic carbocycles. The molecular formula is C14H20N4S. The Morgan fingerprint density at radius 1 is 1.37 bits per heavy atom. The topological polar surface area (TPSA) is 42.2 Å². The largest absolute Gasteiger partial charge is 0.365 e. The van der Waals surface area contributed by atoms with Crippen LogP contribution in [0.1, 0.15) is 38.3 Å². The molecule has 0 unspecified atom stereocenters. The lowest BCUT2D eigenvalue weighted by Gasteiger charge is -2.23. The molecule has 0 saturated carbocycles. The van der Waals surface area contributed by atoms with E-state index in [0.717, 1.165) is 17.0 Å². The van der Waals surface area contributed by atoms with E-state index in [-0.39, 0.29) is 0 Å². The summed E-state index contributed by atoms with van der Waals surface area (Å²) in [6, 6.07) is 2.70. The van der Waals surface area contributed by atoms with Gasteiger partial charge in [-0.15, -0.1) is 0 Å². The molecule has 1 fully saturated rings. The van der Waals surface area contributed by atoms with Crippen molar-refractivity contribution < 1.29 is 0 Å². The summed E-state index contributed by atoms with van der Waals surface area (Å²) in [5.74, 6) is 3.91. The summed E-state index contributed by atoms with van der Waals surface area (Å²) in [5, 5.41) is 8.19. The SMILES string of the molecule is CC(C)c1cc2c(NC3CCSCC3)nccn2n1. The zero-order valence-corrected chi connectivity index (χ0v) is 12.3. The number of rotatable bonds is 3. The Morgan fingerprint density at radius 2 is 2.16 bits per heavy atom. The van der Waals surface area contributed by atoms with Crippen molar-refractivity contribution in [2.24, 2.45) is 0 Å². The first-order valence-corrected chi connectivity index (χ1v) is 8.08. The van der Waals surface area contributed by atoms with Gasteiger partial charge in [0.25, 0.3) is 0 Å². The van der Waals surface area contributed by atoms with Crippen LogP contribution in [0.25, 0.3) is 5.52 Å². The minimum absolute atomic E-state index is 0.443. The number of thioether (sulfide) groups is 1. The summed E-state index contributed by atoms with van der Waals surface area (Å²) in [7, 11) is 0. The van der Waals surface area contributed by atoms with E-state index in [1.165, 1.54) is 24.3 Å². The van der Waals surface area contributed by atoms with Gasteiger partial charge in [0, 0.05) is 18.4 Å². The lowest BCUT2D eigenvalue weighted by molar-refractivity contribution is 0.663. The molecule has 3 rings (SSSR count). The highest BCUT2D eigenvalue weighted by atomic mass is 32.2. The Labute approximate surface area is 118 Å². The predicted molar refractivity (Wildman–Crippen MR) is 81.0 cm³/mol. The third-order valence-corrected chi connectivity index (χ3v) is 4.61. The zero-order valence-electron chi connectivity index (χ0n) is 11.5. The fraction of sp³-hybridized carbons (Fsp3) is 0.571. The Bertz CT molecular complexity index is 558. The van der Waals surface area contributed by atoms with Gasteiger partial charge in [-0.1, -0.05) is 13.8 Å². The Balaban J connectivity index is 1.89. The van der Waals surface area contributed by atoms with Crippen molar-refractivity contribution in [1.82, 2.24) is 14.6 Å². The monoisotopic (exact) mass is 276 g/mol. The Kier molecular flexibility index (Phi) is 3.64. The van der Waals surface area contributed by atoms with Crippen LogP contribution in [-0.4, -0.2) is 32.1 Å². The van der Waals surface area contributed by atoms with Gasteiger partial charge in [0.1, 0.15) is 5.52 Å². The molecule has 2 aromatic heterocycles. The smallest absolute Gasteiger partial charge is 0.152 e. The van der Waals surface area contributed by atoms with Crippen LogP contribution in [0, 0.1) is 0 Å². The van der Waals surface area contributed by atoms with E-state index in [1.807, 2.05) is 28.7 Å². The fourth-order valence-corrected chi connectivity index (χ4v) is 3.48. The number of fused-ring (bicyclic) bond motifs is 1. The Morgan fingerprint density at radius 3 is 2.89 bits per heavy atom. The van der Waals surface area contributed by atoms with E-state index in [0.29, 0.717) is 12.0 Å². The maximum atomic E-state index is 4.60. The zero-order chi connectivity index (χ0) is 13.2. The van der Waals surface area contributed by atoms with Crippen molar-refractivity contribution >= 4 is 23.1 Å². The molecular weight excluding hydrogens is 256 g/mol. The molecule has 102 valence electrons. The van der Waals surface area contributed by atoms with Crippen LogP contribution >= 0.6 is 11.8 Å². The van der Waals surface area contributed by atoms with Gasteiger partial charge < -0.3 is 5.32 Å². The van der Waals surface area contributed by atoms with E-state index in [1.54, 1.807) is 0 Å². The number of nitrogens with zero attached hydrogens (tertiary/aromatic N) is 3. The molecule has 5 heteroatoms. The summed E-state index contributed by atoms with van der Waals surface area (Å²) in [4.78, 5) is 4.49. The molecule has 0 spiro atoms. The normalized spacial score (nSPS) is 17.2. The van der Waals surface area contributed by atoms with Gasteiger partial charge in [-0.05, 0) is 36.3 Å². The van der Waals surface area contributed by atoms with Crippen LogP contribution in [0.15, 0.2) is 18.5 Å². The second-order valence-electron chi connectivity index (χ2n) is 5.36. The van der Waals surface area contributed by atoms with E-state index in [2.05, 4.69) is 35.3 Å². The predicted octanol–water partition coefficient (Wildman–Crippen LogP) is 3.16. The van der Waals surface area contributed by atoms with Crippen LogP contribution in [-0.2, 0) is 0 Å². The minimum Gasteiger partial charge on any atom is -0.365 e. The highest BCUT2D eigenvalue weighted by Crippen LogP contribution is 2.24. The highest BCUT2D eigenvalue weighted by Gasteiger charge is 2.16. The van der Waals surface area contributed by atoms with E-state index >= 15 is 0 Å². The molecule has 0 atom stereocenters. The number of aromatic nitrogens is 3. The van der Waals surface area contributed by atoms with Gasteiger partial charge in [0.2, 0.25) is 0 Å². The molecule has 1 N–H and O–H groups in total. The van der Waals surface area contributed by atoms with Gasteiger partial charge in [-0.25, -0.2) is 9.50 Å². The molecule has 0 amide bonds. The number of anilines is 1. The first kappa shape index (κ1) is 12.8. The molecule has 3 heterocycles. The van der Waals surface area contributed by atoms with Crippen molar-refractivity contribution in [3.8, 4) is 0 Å². The van der Waals surface area contributed by atoms with Crippen LogP contribution in [0.2, 0.25) is 0 Å². The van der Waals surface area contributed by atoms with Gasteiger partial charge in [0.15, 0.2) is 5.82 Å². The standard InChI is InChI=1S/C14H20N4S/c1-10(2)12-9-13-14(15-5-6-18(13)17-12)16-11-3-7-19-8-4-11/h5-6,9-11H,3-4,7-8H2,1-2H3,(H,15,16). The molecule has 4 nitrogen and oxygen atoms in total. The molecule has 1 aliphatic heterocycles. The molecule has 0 radical (unpaired) electrons. The summed E-state index contributed by atoms with van der Waals surface area (Å²) >= 11 is 2.04. The van der Waals surface area contributed by atoms with Crippen LogP contribution in [0.4, 0.5) is 5.82 Å². The lowest BCUT2D eigenvalue weighted by atomic mass is 10.1. The molecule has 1 aliphatic rings. The first-order valence-electron chi connectivity index (χ1n) is 6.92. The van der Waals surface area contributed by atoms with E-state index in [4.69, 9.17) is 0 Å². The second kappa shape index (κ2) is 5.41.